The molecule has 88 valence electrons. The number of benzene rings is 1. The second-order valence-electron chi connectivity index (χ2n) is 3.57. The molecule has 0 saturated carbocycles. The predicted molar refractivity (Wildman–Crippen MR) is 62.1 cm³/mol. The fourth-order valence-corrected chi connectivity index (χ4v) is 1.63. The molecule has 1 heterocycles. The van der Waals surface area contributed by atoms with E-state index >= 15 is 0 Å². The Morgan fingerprint density at radius 2 is 2.29 bits per heavy atom. The van der Waals surface area contributed by atoms with Crippen molar-refractivity contribution in [1.29, 1.82) is 0 Å². The lowest BCUT2D eigenvalue weighted by Crippen LogP contribution is -2.13. The summed E-state index contributed by atoms with van der Waals surface area (Å²) in [7, 11) is 0. The number of aryl methyl sites for hydroxylation is 1. The average molecular weight is 233 g/mol. The Morgan fingerprint density at radius 1 is 1.53 bits per heavy atom. The van der Waals surface area contributed by atoms with E-state index < -0.39 is 5.82 Å². The number of nitrogens with two attached hydrogens (primary N) is 1. The number of nitrogens with zero attached hydrogens (tertiary/aromatic N) is 2. The van der Waals surface area contributed by atoms with Crippen LogP contribution in [-0.2, 0) is 6.54 Å². The maximum Gasteiger partial charge on any atom is 0.230 e. The monoisotopic (exact) mass is 233 g/mol. The Kier molecular flexibility index (Phi) is 2.91. The summed E-state index contributed by atoms with van der Waals surface area (Å²) >= 11 is 0. The van der Waals surface area contributed by atoms with Gasteiger partial charge in [0.2, 0.25) is 5.78 Å². The van der Waals surface area contributed by atoms with Crippen molar-refractivity contribution in [3.63, 3.8) is 0 Å². The molecule has 1 aromatic carbocycles. The topological polar surface area (TPSA) is 60.9 Å². The molecule has 0 aliphatic rings. The Bertz CT molecular complexity index is 563. The van der Waals surface area contributed by atoms with Crippen LogP contribution in [0.3, 0.4) is 0 Å². The molecule has 0 aliphatic carbocycles. The number of para-hydroxylation sites is 1. The first kappa shape index (κ1) is 11.3. The van der Waals surface area contributed by atoms with Gasteiger partial charge in [0.15, 0.2) is 5.82 Å². The molecule has 0 fully saturated rings. The predicted octanol–water partition coefficient (Wildman–Crippen LogP) is 1.86. The van der Waals surface area contributed by atoms with E-state index in [1.165, 1.54) is 24.4 Å². The maximum absolute atomic E-state index is 13.3. The molecule has 2 rings (SSSR count). The molecule has 0 unspecified atom stereocenters. The molecule has 0 spiro atoms. The number of carbonyl (C=O) groups is 1. The number of anilines is 1. The van der Waals surface area contributed by atoms with Crippen molar-refractivity contribution in [1.82, 2.24) is 9.55 Å². The number of ketones is 1. The first-order valence-corrected chi connectivity index (χ1v) is 5.25. The SMILES string of the molecule is CCn1ccnc1C(=O)c1cccc(F)c1N. The number of nitrogen functional groups attached to an aromatic ring is 1. The Morgan fingerprint density at radius 3 is 3.00 bits per heavy atom. The molecule has 0 radical (unpaired) electrons. The number of rotatable bonds is 3. The highest BCUT2D eigenvalue weighted by Crippen LogP contribution is 2.18. The van der Waals surface area contributed by atoms with Gasteiger partial charge in [-0.1, -0.05) is 6.07 Å². The zero-order chi connectivity index (χ0) is 12.4. The van der Waals surface area contributed by atoms with Crippen LogP contribution in [-0.4, -0.2) is 15.3 Å². The second kappa shape index (κ2) is 4.37. The third kappa shape index (κ3) is 1.91. The van der Waals surface area contributed by atoms with Crippen LogP contribution in [0, 0.1) is 5.82 Å². The molecule has 5 heteroatoms. The number of halogens is 1. The van der Waals surface area contributed by atoms with Gasteiger partial charge in [-0.15, -0.1) is 0 Å². The third-order valence-corrected chi connectivity index (χ3v) is 2.56. The van der Waals surface area contributed by atoms with Gasteiger partial charge in [-0.2, -0.15) is 0 Å². The normalized spacial score (nSPS) is 10.5. The fourth-order valence-electron chi connectivity index (χ4n) is 1.63. The molecule has 2 N–H and O–H groups in total. The molecule has 2 aromatic rings. The van der Waals surface area contributed by atoms with Gasteiger partial charge < -0.3 is 10.3 Å². The van der Waals surface area contributed by atoms with Crippen LogP contribution in [0.15, 0.2) is 30.6 Å². The van der Waals surface area contributed by atoms with Gasteiger partial charge in [-0.3, -0.25) is 4.79 Å². The van der Waals surface area contributed by atoms with E-state index in [1.807, 2.05) is 6.92 Å². The van der Waals surface area contributed by atoms with Crippen LogP contribution in [0.1, 0.15) is 23.1 Å². The first-order valence-electron chi connectivity index (χ1n) is 5.25. The molecule has 0 amide bonds. The van der Waals surface area contributed by atoms with Crippen LogP contribution in [0.5, 0.6) is 0 Å². The van der Waals surface area contributed by atoms with Crippen molar-refractivity contribution < 1.29 is 9.18 Å². The minimum absolute atomic E-state index is 0.136. The van der Waals surface area contributed by atoms with E-state index in [0.29, 0.717) is 6.54 Å². The van der Waals surface area contributed by atoms with Gasteiger partial charge >= 0.3 is 0 Å². The summed E-state index contributed by atoms with van der Waals surface area (Å²) in [5.74, 6) is -0.691. The molecule has 1 aromatic heterocycles. The number of hydrogen-bond donors (Lipinski definition) is 1. The lowest BCUT2D eigenvalue weighted by atomic mass is 10.1. The van der Waals surface area contributed by atoms with Crippen LogP contribution >= 0.6 is 0 Å². The van der Waals surface area contributed by atoms with Gasteiger partial charge in [-0.25, -0.2) is 9.37 Å². The zero-order valence-electron chi connectivity index (χ0n) is 9.35. The maximum atomic E-state index is 13.3. The van der Waals surface area contributed by atoms with Crippen molar-refractivity contribution in [2.24, 2.45) is 0 Å². The number of hydrogen-bond acceptors (Lipinski definition) is 3. The number of carbonyl (C=O) groups excluding carboxylic acids is 1. The quantitative estimate of drug-likeness (QED) is 0.650. The Labute approximate surface area is 97.9 Å². The van der Waals surface area contributed by atoms with Crippen molar-refractivity contribution in [2.45, 2.75) is 13.5 Å². The lowest BCUT2D eigenvalue weighted by molar-refractivity contribution is 0.102. The Hall–Kier alpha value is -2.17. The standard InChI is InChI=1S/C12H12FN3O/c1-2-16-7-6-15-12(16)11(17)8-4-3-5-9(13)10(8)14/h3-7H,2,14H2,1H3. The molecule has 0 aliphatic heterocycles. The third-order valence-electron chi connectivity index (χ3n) is 2.56. The Balaban J connectivity index is 2.48. The molecular formula is C12H12FN3O. The summed E-state index contributed by atoms with van der Waals surface area (Å²) < 4.78 is 14.9. The molecule has 0 bridgehead atoms. The van der Waals surface area contributed by atoms with E-state index in [2.05, 4.69) is 4.98 Å². The molecular weight excluding hydrogens is 221 g/mol. The van der Waals surface area contributed by atoms with Crippen molar-refractivity contribution in [3.8, 4) is 0 Å². The van der Waals surface area contributed by atoms with E-state index in [1.54, 1.807) is 10.8 Å². The van der Waals surface area contributed by atoms with E-state index in [4.69, 9.17) is 5.73 Å². The molecule has 17 heavy (non-hydrogen) atoms. The van der Waals surface area contributed by atoms with E-state index in [9.17, 15) is 9.18 Å². The summed E-state index contributed by atoms with van der Waals surface area (Å²) in [6.07, 6.45) is 3.23. The van der Waals surface area contributed by atoms with Crippen LogP contribution in [0.4, 0.5) is 10.1 Å². The average Bonchev–Trinajstić information content (AvgIpc) is 2.80. The highest BCUT2D eigenvalue weighted by molar-refractivity contribution is 6.10. The number of imidazole rings is 1. The minimum Gasteiger partial charge on any atom is -0.396 e. The minimum atomic E-state index is -0.592. The summed E-state index contributed by atoms with van der Waals surface area (Å²) in [6, 6.07) is 4.17. The number of aromatic nitrogens is 2. The lowest BCUT2D eigenvalue weighted by Gasteiger charge is -2.06. The van der Waals surface area contributed by atoms with Crippen LogP contribution in [0.2, 0.25) is 0 Å². The van der Waals surface area contributed by atoms with Gasteiger partial charge in [-0.05, 0) is 19.1 Å². The molecule has 4 nitrogen and oxygen atoms in total. The van der Waals surface area contributed by atoms with Crippen molar-refractivity contribution in [3.05, 3.63) is 47.8 Å². The van der Waals surface area contributed by atoms with Gasteiger partial charge in [0.25, 0.3) is 0 Å². The second-order valence-corrected chi connectivity index (χ2v) is 3.57. The first-order chi connectivity index (χ1) is 8.15. The summed E-state index contributed by atoms with van der Waals surface area (Å²) in [4.78, 5) is 16.1. The smallest absolute Gasteiger partial charge is 0.230 e. The van der Waals surface area contributed by atoms with Crippen molar-refractivity contribution in [2.75, 3.05) is 5.73 Å². The fraction of sp³-hybridized carbons (Fsp3) is 0.167. The van der Waals surface area contributed by atoms with Crippen molar-refractivity contribution >= 4 is 11.5 Å². The molecule has 0 atom stereocenters. The largest absolute Gasteiger partial charge is 0.396 e. The molecule has 0 saturated heterocycles. The summed E-state index contributed by atoms with van der Waals surface area (Å²) in [6.45, 7) is 2.52. The summed E-state index contributed by atoms with van der Waals surface area (Å²) in [5.41, 5.74) is 5.56. The van der Waals surface area contributed by atoms with E-state index in [-0.39, 0.29) is 22.9 Å². The van der Waals surface area contributed by atoms with Crippen LogP contribution in [0.25, 0.3) is 0 Å². The highest BCUT2D eigenvalue weighted by Gasteiger charge is 2.18. The summed E-state index contributed by atoms with van der Waals surface area (Å²) in [5, 5.41) is 0. The van der Waals surface area contributed by atoms with Gasteiger partial charge in [0.1, 0.15) is 5.82 Å². The highest BCUT2D eigenvalue weighted by atomic mass is 19.1. The van der Waals surface area contributed by atoms with Crippen LogP contribution < -0.4 is 5.73 Å². The van der Waals surface area contributed by atoms with Gasteiger partial charge in [0.05, 0.1) is 11.3 Å². The van der Waals surface area contributed by atoms with Gasteiger partial charge in [0, 0.05) is 18.9 Å². The zero-order valence-corrected chi connectivity index (χ0v) is 9.35. The van der Waals surface area contributed by atoms with E-state index in [0.717, 1.165) is 0 Å².